The van der Waals surface area contributed by atoms with Crippen LogP contribution in [0.5, 0.6) is 0 Å². The first kappa shape index (κ1) is 19.1. The van der Waals surface area contributed by atoms with Crippen molar-refractivity contribution >= 4 is 29.5 Å². The van der Waals surface area contributed by atoms with Gasteiger partial charge in [0.25, 0.3) is 0 Å². The molecule has 1 aromatic heterocycles. The molecular weight excluding hydrogens is 301 g/mol. The summed E-state index contributed by atoms with van der Waals surface area (Å²) < 4.78 is 0. The Morgan fingerprint density at radius 3 is 2.13 bits per heavy atom. The van der Waals surface area contributed by atoms with E-state index in [4.69, 9.17) is 25.4 Å². The number of hydrogen-bond donors (Lipinski definition) is 5. The average Bonchev–Trinajstić information content (AvgIpc) is 2.46. The second kappa shape index (κ2) is 7.05. The zero-order chi connectivity index (χ0) is 17.8. The van der Waals surface area contributed by atoms with Gasteiger partial charge in [0.15, 0.2) is 5.60 Å². The highest BCUT2D eigenvalue weighted by Gasteiger charge is 2.44. The minimum Gasteiger partial charge on any atom is -0.479 e. The van der Waals surface area contributed by atoms with Crippen molar-refractivity contribution in [1.82, 2.24) is 4.98 Å². The topological polar surface area (TPSA) is 131 Å². The summed E-state index contributed by atoms with van der Waals surface area (Å²) in [6, 6.07) is 9.26. The Morgan fingerprint density at radius 1 is 1.13 bits per heavy atom. The maximum atomic E-state index is 10.3. The van der Waals surface area contributed by atoms with Gasteiger partial charge in [0, 0.05) is 11.7 Å². The number of nitrogens with zero attached hydrogens (tertiary/aromatic N) is 1. The molecule has 0 spiro atoms. The van der Waals surface area contributed by atoms with Gasteiger partial charge in [-0.05, 0) is 32.2 Å². The minimum atomic E-state index is -2.09. The van der Waals surface area contributed by atoms with Gasteiger partial charge in [-0.2, -0.15) is 0 Å². The van der Waals surface area contributed by atoms with Crippen LogP contribution in [0, 0.1) is 0 Å². The van der Waals surface area contributed by atoms with Crippen molar-refractivity contribution in [2.45, 2.75) is 32.0 Å². The fraction of sp³-hybridized carbons (Fsp3) is 0.333. The summed E-state index contributed by atoms with van der Waals surface area (Å²) >= 11 is 0. The molecule has 0 bridgehead atoms. The fourth-order valence-corrected chi connectivity index (χ4v) is 1.49. The van der Waals surface area contributed by atoms with Crippen molar-refractivity contribution in [3.63, 3.8) is 0 Å². The van der Waals surface area contributed by atoms with Gasteiger partial charge in [-0.15, -0.1) is 0 Å². The molecule has 2 aromatic rings. The maximum Gasteiger partial charge on any atom is 0.490 e. The molecule has 23 heavy (non-hydrogen) atoms. The summed E-state index contributed by atoms with van der Waals surface area (Å²) in [5, 5.41) is 45.2. The summed E-state index contributed by atoms with van der Waals surface area (Å²) in [7, 11) is -1.45. The van der Waals surface area contributed by atoms with E-state index in [1.165, 1.54) is 20.0 Å². The summed E-state index contributed by atoms with van der Waals surface area (Å²) in [5.74, 6) is -1.43. The lowest BCUT2D eigenvalue weighted by Gasteiger charge is -2.30. The Morgan fingerprint density at radius 2 is 1.70 bits per heavy atom. The minimum absolute atomic E-state index is 0.415. The predicted molar refractivity (Wildman–Crippen MR) is 86.1 cm³/mol. The molecule has 124 valence electrons. The van der Waals surface area contributed by atoms with Gasteiger partial charge in [0.05, 0.1) is 11.1 Å². The Balaban J connectivity index is 0.000000241. The lowest BCUT2D eigenvalue weighted by molar-refractivity contribution is -0.181. The number of carboxylic acid groups (broad SMARTS) is 1. The number of aromatic nitrogens is 1. The van der Waals surface area contributed by atoms with Crippen LogP contribution in [-0.4, -0.2) is 54.6 Å². The largest absolute Gasteiger partial charge is 0.490 e. The quantitative estimate of drug-likeness (QED) is 0.482. The van der Waals surface area contributed by atoms with Gasteiger partial charge in [-0.3, -0.25) is 4.98 Å². The van der Waals surface area contributed by atoms with Crippen LogP contribution in [0.1, 0.15) is 20.8 Å². The van der Waals surface area contributed by atoms with Crippen LogP contribution in [-0.2, 0) is 4.79 Å². The van der Waals surface area contributed by atoms with E-state index in [0.717, 1.165) is 17.8 Å². The summed E-state index contributed by atoms with van der Waals surface area (Å²) in [5.41, 5.74) is -2.45. The van der Waals surface area contributed by atoms with Crippen molar-refractivity contribution in [2.24, 2.45) is 0 Å². The van der Waals surface area contributed by atoms with Crippen LogP contribution in [0.4, 0.5) is 0 Å². The van der Waals surface area contributed by atoms with Crippen molar-refractivity contribution in [3.05, 3.63) is 36.5 Å². The van der Waals surface area contributed by atoms with Crippen LogP contribution in [0.25, 0.3) is 10.9 Å². The van der Waals surface area contributed by atoms with E-state index >= 15 is 0 Å². The molecule has 0 fully saturated rings. The SMILES string of the molecule is CC(C)(O)C(C)(O)C(=O)O.OB(O)c1cnc2ccccc2c1. The zero-order valence-corrected chi connectivity index (χ0v) is 13.1. The van der Waals surface area contributed by atoms with Gasteiger partial charge >= 0.3 is 13.1 Å². The Hall–Kier alpha value is -2.00. The smallest absolute Gasteiger partial charge is 0.479 e. The molecule has 0 saturated carbocycles. The molecular formula is C15H20BNO6. The normalized spacial score (nSPS) is 13.7. The molecule has 0 amide bonds. The molecule has 0 aliphatic heterocycles. The van der Waals surface area contributed by atoms with E-state index < -0.39 is 24.3 Å². The molecule has 8 heteroatoms. The molecule has 1 atom stereocenters. The van der Waals surface area contributed by atoms with Crippen molar-refractivity contribution in [3.8, 4) is 0 Å². The third-order valence-electron chi connectivity index (χ3n) is 3.52. The van der Waals surface area contributed by atoms with Crippen LogP contribution in [0.15, 0.2) is 36.5 Å². The summed E-state index contributed by atoms with van der Waals surface area (Å²) in [4.78, 5) is 14.3. The van der Waals surface area contributed by atoms with Gasteiger partial charge in [-0.1, -0.05) is 24.3 Å². The van der Waals surface area contributed by atoms with Crippen LogP contribution >= 0.6 is 0 Å². The molecule has 0 aliphatic carbocycles. The number of benzene rings is 1. The fourth-order valence-electron chi connectivity index (χ4n) is 1.49. The van der Waals surface area contributed by atoms with Crippen LogP contribution in [0.3, 0.4) is 0 Å². The highest BCUT2D eigenvalue weighted by atomic mass is 16.4. The maximum absolute atomic E-state index is 10.3. The Kier molecular flexibility index (Phi) is 5.84. The zero-order valence-electron chi connectivity index (χ0n) is 13.1. The molecule has 1 unspecified atom stereocenters. The molecule has 2 rings (SSSR count). The van der Waals surface area contributed by atoms with E-state index in [1.807, 2.05) is 24.3 Å². The van der Waals surface area contributed by atoms with Crippen molar-refractivity contribution < 1.29 is 30.2 Å². The first-order chi connectivity index (χ1) is 10.5. The first-order valence-corrected chi connectivity index (χ1v) is 6.86. The number of carboxylic acids is 1. The third kappa shape index (κ3) is 4.74. The second-order valence-corrected chi connectivity index (χ2v) is 5.77. The van der Waals surface area contributed by atoms with E-state index in [2.05, 4.69) is 4.98 Å². The van der Waals surface area contributed by atoms with Crippen LogP contribution in [0.2, 0.25) is 0 Å². The number of pyridine rings is 1. The van der Waals surface area contributed by atoms with Crippen LogP contribution < -0.4 is 5.46 Å². The standard InChI is InChI=1S/C9H8BNO2.C6H12O4/c12-10(13)8-5-7-3-1-2-4-9(7)11-6-8;1-5(2,9)6(3,10)4(7)8/h1-6,12-13H;9-10H,1-3H3,(H,7,8). The van der Waals surface area contributed by atoms with Crippen molar-refractivity contribution in [1.29, 1.82) is 0 Å². The number of fused-ring (bicyclic) bond motifs is 1. The Labute approximate surface area is 134 Å². The number of hydrogen-bond acceptors (Lipinski definition) is 6. The average molecular weight is 321 g/mol. The highest BCUT2D eigenvalue weighted by Crippen LogP contribution is 2.20. The molecule has 0 aliphatic rings. The van der Waals surface area contributed by atoms with E-state index in [0.29, 0.717) is 5.46 Å². The number of aliphatic hydroxyl groups is 2. The lowest BCUT2D eigenvalue weighted by Crippen LogP contribution is -2.53. The number of aliphatic carboxylic acids is 1. The number of para-hydroxylation sites is 1. The lowest BCUT2D eigenvalue weighted by atomic mass is 9.81. The molecule has 1 heterocycles. The van der Waals surface area contributed by atoms with Gasteiger partial charge in [0.2, 0.25) is 0 Å². The first-order valence-electron chi connectivity index (χ1n) is 6.86. The third-order valence-corrected chi connectivity index (χ3v) is 3.52. The Bertz CT molecular complexity index is 681. The molecule has 7 nitrogen and oxygen atoms in total. The van der Waals surface area contributed by atoms with E-state index in [1.54, 1.807) is 6.07 Å². The predicted octanol–water partition coefficient (Wildman–Crippen LogP) is -0.492. The molecule has 0 saturated heterocycles. The van der Waals surface area contributed by atoms with Crippen molar-refractivity contribution in [2.75, 3.05) is 0 Å². The van der Waals surface area contributed by atoms with Gasteiger partial charge in [0.1, 0.15) is 0 Å². The van der Waals surface area contributed by atoms with Gasteiger partial charge < -0.3 is 25.4 Å². The summed E-state index contributed by atoms with van der Waals surface area (Å²) in [6.45, 7) is 3.53. The molecule has 1 aromatic carbocycles. The summed E-state index contributed by atoms with van der Waals surface area (Å²) in [6.07, 6.45) is 1.47. The molecule has 5 N–H and O–H groups in total. The monoisotopic (exact) mass is 321 g/mol. The van der Waals surface area contributed by atoms with E-state index in [9.17, 15) is 4.79 Å². The second-order valence-electron chi connectivity index (χ2n) is 5.77. The van der Waals surface area contributed by atoms with Gasteiger partial charge in [-0.25, -0.2) is 4.79 Å². The number of carbonyl (C=O) groups is 1. The van der Waals surface area contributed by atoms with E-state index in [-0.39, 0.29) is 0 Å². The molecule has 0 radical (unpaired) electrons. The highest BCUT2D eigenvalue weighted by molar-refractivity contribution is 6.58. The number of rotatable bonds is 3.